The molecule has 0 spiro atoms. The molecule has 8 heteroatoms. The van der Waals surface area contributed by atoms with Gasteiger partial charge in [0.1, 0.15) is 18.1 Å². The summed E-state index contributed by atoms with van der Waals surface area (Å²) >= 11 is 0. The predicted molar refractivity (Wildman–Crippen MR) is 122 cm³/mol. The van der Waals surface area contributed by atoms with Crippen molar-refractivity contribution in [2.24, 2.45) is 0 Å². The third kappa shape index (κ3) is 5.26. The van der Waals surface area contributed by atoms with Crippen LogP contribution in [0.15, 0.2) is 77.7 Å². The molecule has 0 radical (unpaired) electrons. The number of aryl methyl sites for hydroxylation is 1. The average Bonchev–Trinajstić information content (AvgIpc) is 2.78. The molecule has 3 aromatic carbocycles. The van der Waals surface area contributed by atoms with Crippen molar-refractivity contribution in [3.8, 4) is 5.75 Å². The van der Waals surface area contributed by atoms with Gasteiger partial charge in [0.15, 0.2) is 0 Å². The summed E-state index contributed by atoms with van der Waals surface area (Å²) in [6.07, 6.45) is 0. The average molecular weight is 457 g/mol. The second kappa shape index (κ2) is 9.82. The van der Waals surface area contributed by atoms with Crippen LogP contribution >= 0.6 is 0 Å². The van der Waals surface area contributed by atoms with Crippen LogP contribution in [0.5, 0.6) is 5.75 Å². The van der Waals surface area contributed by atoms with Gasteiger partial charge in [0, 0.05) is 0 Å². The van der Waals surface area contributed by atoms with Crippen LogP contribution in [-0.4, -0.2) is 28.0 Å². The molecule has 0 heterocycles. The van der Waals surface area contributed by atoms with Gasteiger partial charge in [0.25, 0.3) is 10.0 Å². The van der Waals surface area contributed by atoms with E-state index in [2.05, 4.69) is 5.32 Å². The highest BCUT2D eigenvalue weighted by Gasteiger charge is 2.29. The Morgan fingerprint density at radius 1 is 1.03 bits per heavy atom. The van der Waals surface area contributed by atoms with E-state index >= 15 is 0 Å². The number of nitrogens with one attached hydrogen (secondary N) is 1. The molecule has 0 bridgehead atoms. The highest BCUT2D eigenvalue weighted by Crippen LogP contribution is 2.26. The van der Waals surface area contributed by atoms with E-state index < -0.39 is 34.3 Å². The number of rotatable bonds is 8. The van der Waals surface area contributed by atoms with E-state index in [1.165, 1.54) is 30.3 Å². The lowest BCUT2D eigenvalue weighted by atomic mass is 10.1. The first-order chi connectivity index (χ1) is 15.2. The van der Waals surface area contributed by atoms with Crippen molar-refractivity contribution >= 4 is 21.6 Å². The zero-order chi connectivity index (χ0) is 23.3. The molecule has 0 aromatic heterocycles. The lowest BCUT2D eigenvalue weighted by molar-refractivity contribution is -0.120. The summed E-state index contributed by atoms with van der Waals surface area (Å²) in [5.41, 5.74) is 1.51. The lowest BCUT2D eigenvalue weighted by Gasteiger charge is -2.25. The van der Waals surface area contributed by atoms with E-state index in [0.29, 0.717) is 5.75 Å². The Labute approximate surface area is 187 Å². The molecule has 0 fully saturated rings. The molecule has 1 N–H and O–H groups in total. The second-order valence-corrected chi connectivity index (χ2v) is 9.20. The van der Waals surface area contributed by atoms with Crippen LogP contribution in [0, 0.1) is 12.7 Å². The van der Waals surface area contributed by atoms with E-state index in [1.807, 2.05) is 19.1 Å². The Hall–Kier alpha value is -3.39. The predicted octanol–water partition coefficient (Wildman–Crippen LogP) is 4.22. The summed E-state index contributed by atoms with van der Waals surface area (Å²) in [5, 5.41) is 2.78. The number of methoxy groups -OCH3 is 1. The molecule has 1 amide bonds. The summed E-state index contributed by atoms with van der Waals surface area (Å²) in [7, 11) is -2.62. The summed E-state index contributed by atoms with van der Waals surface area (Å²) in [5.74, 6) is -0.617. The first-order valence-electron chi connectivity index (χ1n) is 9.99. The lowest BCUT2D eigenvalue weighted by Crippen LogP contribution is -2.42. The number of benzene rings is 3. The van der Waals surface area contributed by atoms with E-state index in [4.69, 9.17) is 4.74 Å². The van der Waals surface area contributed by atoms with Crippen molar-refractivity contribution in [3.05, 3.63) is 89.7 Å². The van der Waals surface area contributed by atoms with Crippen LogP contribution in [-0.2, 0) is 14.8 Å². The van der Waals surface area contributed by atoms with Crippen LogP contribution < -0.4 is 14.4 Å². The van der Waals surface area contributed by atoms with Crippen LogP contribution in [0.25, 0.3) is 0 Å². The summed E-state index contributed by atoms with van der Waals surface area (Å²) < 4.78 is 47.1. The van der Waals surface area contributed by atoms with E-state index in [9.17, 15) is 17.6 Å². The Bertz CT molecular complexity index is 1180. The van der Waals surface area contributed by atoms with Gasteiger partial charge in [-0.1, -0.05) is 42.0 Å². The molecule has 32 heavy (non-hydrogen) atoms. The van der Waals surface area contributed by atoms with Crippen LogP contribution in [0.3, 0.4) is 0 Å². The number of carbonyl (C=O) groups excluding carboxylic acids is 1. The van der Waals surface area contributed by atoms with Gasteiger partial charge in [0.05, 0.1) is 23.7 Å². The third-order valence-corrected chi connectivity index (χ3v) is 6.78. The van der Waals surface area contributed by atoms with Gasteiger partial charge in [0.2, 0.25) is 5.91 Å². The number of nitrogens with zero attached hydrogens (tertiary/aromatic N) is 1. The Kier molecular flexibility index (Phi) is 7.15. The van der Waals surface area contributed by atoms with Crippen LogP contribution in [0.1, 0.15) is 24.1 Å². The number of hydrogen-bond acceptors (Lipinski definition) is 4. The Balaban J connectivity index is 1.87. The maximum atomic E-state index is 14.5. The van der Waals surface area contributed by atoms with Gasteiger partial charge in [-0.05, 0) is 55.8 Å². The number of anilines is 1. The van der Waals surface area contributed by atoms with E-state index in [1.54, 1.807) is 38.3 Å². The molecule has 1 atom stereocenters. The van der Waals surface area contributed by atoms with Crippen molar-refractivity contribution in [1.29, 1.82) is 0 Å². The standard InChI is InChI=1S/C24H25FN2O4S/c1-17-8-14-21(15-9-17)32(29,30)27(23-7-5-4-6-22(23)25)16-24(28)26-18(2)19-10-12-20(31-3)13-11-19/h4-15,18H,16H2,1-3H3,(H,26,28). The zero-order valence-corrected chi connectivity index (χ0v) is 18.9. The van der Waals surface area contributed by atoms with Gasteiger partial charge in [-0.3, -0.25) is 9.10 Å². The SMILES string of the molecule is COc1ccc(C(C)NC(=O)CN(c2ccccc2F)S(=O)(=O)c2ccc(C)cc2)cc1. The maximum absolute atomic E-state index is 14.5. The van der Waals surface area contributed by atoms with Crippen molar-refractivity contribution in [3.63, 3.8) is 0 Å². The molecule has 1 unspecified atom stereocenters. The molecule has 6 nitrogen and oxygen atoms in total. The fourth-order valence-corrected chi connectivity index (χ4v) is 4.61. The van der Waals surface area contributed by atoms with Crippen LogP contribution in [0.2, 0.25) is 0 Å². The molecule has 0 aliphatic rings. The van der Waals surface area contributed by atoms with Gasteiger partial charge in [-0.25, -0.2) is 12.8 Å². The molecular formula is C24H25FN2O4S. The molecule has 0 saturated heterocycles. The molecule has 0 saturated carbocycles. The Morgan fingerprint density at radius 2 is 1.66 bits per heavy atom. The number of para-hydroxylation sites is 1. The van der Waals surface area contributed by atoms with E-state index in [0.717, 1.165) is 21.5 Å². The largest absolute Gasteiger partial charge is 0.497 e. The highest BCUT2D eigenvalue weighted by atomic mass is 32.2. The molecule has 168 valence electrons. The fourth-order valence-electron chi connectivity index (χ4n) is 3.18. The smallest absolute Gasteiger partial charge is 0.264 e. The minimum Gasteiger partial charge on any atom is -0.497 e. The van der Waals surface area contributed by atoms with Crippen molar-refractivity contribution in [1.82, 2.24) is 5.32 Å². The van der Waals surface area contributed by atoms with Crippen LogP contribution in [0.4, 0.5) is 10.1 Å². The van der Waals surface area contributed by atoms with Gasteiger partial charge >= 0.3 is 0 Å². The van der Waals surface area contributed by atoms with Crippen molar-refractivity contribution in [2.45, 2.75) is 24.8 Å². The Morgan fingerprint density at radius 3 is 2.25 bits per heavy atom. The maximum Gasteiger partial charge on any atom is 0.264 e. The molecule has 3 rings (SSSR count). The molecule has 3 aromatic rings. The highest BCUT2D eigenvalue weighted by molar-refractivity contribution is 7.92. The first kappa shape index (κ1) is 23.3. The molecule has 0 aliphatic carbocycles. The monoisotopic (exact) mass is 456 g/mol. The minimum atomic E-state index is -4.18. The number of ether oxygens (including phenoxy) is 1. The number of amides is 1. The second-order valence-electron chi connectivity index (χ2n) is 7.34. The topological polar surface area (TPSA) is 75.7 Å². The quantitative estimate of drug-likeness (QED) is 0.551. The van der Waals surface area contributed by atoms with Crippen molar-refractivity contribution in [2.75, 3.05) is 18.0 Å². The number of sulfonamides is 1. The van der Waals surface area contributed by atoms with Gasteiger partial charge in [-0.15, -0.1) is 0 Å². The summed E-state index contributed by atoms with van der Waals surface area (Å²) in [6.45, 7) is 3.04. The number of carbonyl (C=O) groups is 1. The number of hydrogen-bond donors (Lipinski definition) is 1. The molecular weight excluding hydrogens is 431 g/mol. The third-order valence-electron chi connectivity index (χ3n) is 5.01. The fraction of sp³-hybridized carbons (Fsp3) is 0.208. The summed E-state index contributed by atoms with van der Waals surface area (Å²) in [6, 6.07) is 18.4. The van der Waals surface area contributed by atoms with Gasteiger partial charge in [-0.2, -0.15) is 0 Å². The number of halogens is 1. The summed E-state index contributed by atoms with van der Waals surface area (Å²) in [4.78, 5) is 12.8. The van der Waals surface area contributed by atoms with Crippen molar-refractivity contribution < 1.29 is 22.3 Å². The molecule has 0 aliphatic heterocycles. The van der Waals surface area contributed by atoms with Gasteiger partial charge < -0.3 is 10.1 Å². The zero-order valence-electron chi connectivity index (χ0n) is 18.1. The van der Waals surface area contributed by atoms with E-state index in [-0.39, 0.29) is 10.6 Å². The minimum absolute atomic E-state index is 0.0256. The normalized spacial score (nSPS) is 12.1. The first-order valence-corrected chi connectivity index (χ1v) is 11.4.